The Labute approximate surface area is 97.7 Å². The Morgan fingerprint density at radius 3 is 2.13 bits per heavy atom. The molecule has 0 aliphatic rings. The first-order valence-electron chi connectivity index (χ1n) is 5.36. The molecule has 0 heterocycles. The molecule has 0 rings (SSSR count). The summed E-state index contributed by atoms with van der Waals surface area (Å²) in [4.78, 5) is 0. The van der Waals surface area contributed by atoms with Gasteiger partial charge in [-0.3, -0.25) is 0 Å². The predicted octanol–water partition coefficient (Wildman–Crippen LogP) is 1.10. The summed E-state index contributed by atoms with van der Waals surface area (Å²) in [6.45, 7) is 8.61. The van der Waals surface area contributed by atoms with Crippen molar-refractivity contribution in [1.29, 1.82) is 0 Å². The lowest BCUT2D eigenvalue weighted by molar-refractivity contribution is 0.00696. The molecule has 0 aliphatic carbocycles. The van der Waals surface area contributed by atoms with Gasteiger partial charge in [0.2, 0.25) is 0 Å². The zero-order valence-corrected chi connectivity index (χ0v) is 11.3. The molecule has 3 nitrogen and oxygen atoms in total. The van der Waals surface area contributed by atoms with Crippen molar-refractivity contribution in [3.63, 3.8) is 0 Å². The van der Waals surface area contributed by atoms with Crippen molar-refractivity contribution in [2.45, 2.75) is 38.9 Å². The van der Waals surface area contributed by atoms with Crippen molar-refractivity contribution in [3.05, 3.63) is 0 Å². The molecule has 0 bridgehead atoms. The highest BCUT2D eigenvalue weighted by Gasteiger charge is 2.26. The van der Waals surface area contributed by atoms with Crippen LogP contribution in [0.25, 0.3) is 0 Å². The van der Waals surface area contributed by atoms with Crippen LogP contribution in [0.5, 0.6) is 0 Å². The first-order chi connectivity index (χ1) is 6.71. The highest BCUT2D eigenvalue weighted by Crippen LogP contribution is 2.15. The minimum absolute atomic E-state index is 0.204. The minimum atomic E-state index is -0.713. The van der Waals surface area contributed by atoms with Crippen molar-refractivity contribution >= 4 is 11.8 Å². The molecule has 0 spiro atoms. The van der Waals surface area contributed by atoms with Gasteiger partial charge in [0.15, 0.2) is 0 Å². The second kappa shape index (κ2) is 6.09. The second-order valence-electron chi connectivity index (χ2n) is 5.05. The van der Waals surface area contributed by atoms with E-state index in [0.29, 0.717) is 18.8 Å². The summed E-state index contributed by atoms with van der Waals surface area (Å²) in [6, 6.07) is 0. The van der Waals surface area contributed by atoms with Gasteiger partial charge in [-0.1, -0.05) is 13.8 Å². The number of rotatable bonds is 7. The molecule has 4 heteroatoms. The summed E-state index contributed by atoms with van der Waals surface area (Å²) < 4.78 is 0. The van der Waals surface area contributed by atoms with Crippen LogP contribution in [0.2, 0.25) is 0 Å². The lowest BCUT2D eigenvalue weighted by Gasteiger charge is -2.30. The SMILES string of the molecule is CSCC(C)(O)CNCC(C)(O)C(C)C. The summed E-state index contributed by atoms with van der Waals surface area (Å²) in [6.07, 6.45) is 1.97. The molecular weight excluding hydrogens is 210 g/mol. The van der Waals surface area contributed by atoms with Crippen molar-refractivity contribution in [2.75, 3.05) is 25.1 Å². The Bertz CT molecular complexity index is 181. The maximum atomic E-state index is 9.97. The summed E-state index contributed by atoms with van der Waals surface area (Å²) in [5, 5.41) is 23.0. The number of nitrogens with one attached hydrogen (secondary N) is 1. The van der Waals surface area contributed by atoms with Crippen LogP contribution in [0.1, 0.15) is 27.7 Å². The number of hydrogen-bond donors (Lipinski definition) is 3. The van der Waals surface area contributed by atoms with Crippen LogP contribution in [-0.2, 0) is 0 Å². The molecule has 0 radical (unpaired) electrons. The van der Waals surface area contributed by atoms with Gasteiger partial charge in [-0.2, -0.15) is 11.8 Å². The van der Waals surface area contributed by atoms with E-state index in [-0.39, 0.29) is 5.92 Å². The van der Waals surface area contributed by atoms with Gasteiger partial charge in [0.05, 0.1) is 11.2 Å². The Morgan fingerprint density at radius 2 is 1.73 bits per heavy atom. The van der Waals surface area contributed by atoms with E-state index >= 15 is 0 Å². The predicted molar refractivity (Wildman–Crippen MR) is 67.3 cm³/mol. The first-order valence-corrected chi connectivity index (χ1v) is 6.75. The smallest absolute Gasteiger partial charge is 0.0833 e. The summed E-state index contributed by atoms with van der Waals surface area (Å²) in [7, 11) is 0. The van der Waals surface area contributed by atoms with E-state index in [1.165, 1.54) is 0 Å². The van der Waals surface area contributed by atoms with Crippen molar-refractivity contribution < 1.29 is 10.2 Å². The van der Waals surface area contributed by atoms with Crippen molar-refractivity contribution in [3.8, 4) is 0 Å². The van der Waals surface area contributed by atoms with Gasteiger partial charge >= 0.3 is 0 Å². The van der Waals surface area contributed by atoms with Gasteiger partial charge < -0.3 is 15.5 Å². The third-order valence-corrected chi connectivity index (χ3v) is 3.60. The second-order valence-corrected chi connectivity index (χ2v) is 5.91. The van der Waals surface area contributed by atoms with Crippen LogP contribution in [0.15, 0.2) is 0 Å². The standard InChI is InChI=1S/C11H25NO2S/c1-9(2)11(4,14)7-12-6-10(3,13)8-15-5/h9,12-14H,6-8H2,1-5H3. The molecule has 0 aliphatic heterocycles. The Kier molecular flexibility index (Phi) is 6.18. The normalized spacial score (nSPS) is 20.0. The van der Waals surface area contributed by atoms with Gasteiger partial charge in [0.25, 0.3) is 0 Å². The lowest BCUT2D eigenvalue weighted by Crippen LogP contribution is -2.48. The van der Waals surface area contributed by atoms with E-state index in [0.717, 1.165) is 0 Å². The highest BCUT2D eigenvalue weighted by atomic mass is 32.2. The van der Waals surface area contributed by atoms with Gasteiger partial charge in [-0.15, -0.1) is 0 Å². The molecule has 0 saturated heterocycles. The topological polar surface area (TPSA) is 52.5 Å². The third-order valence-electron chi connectivity index (χ3n) is 2.69. The fraction of sp³-hybridized carbons (Fsp3) is 1.00. The molecule has 0 saturated carbocycles. The number of aliphatic hydroxyl groups is 2. The van der Waals surface area contributed by atoms with Gasteiger partial charge in [0, 0.05) is 18.8 Å². The Hall–Kier alpha value is 0.230. The molecule has 0 aromatic heterocycles. The average Bonchev–Trinajstić information content (AvgIpc) is 2.02. The molecule has 2 unspecified atom stereocenters. The third kappa shape index (κ3) is 6.40. The van der Waals surface area contributed by atoms with E-state index in [1.54, 1.807) is 18.7 Å². The van der Waals surface area contributed by atoms with Crippen LogP contribution in [0, 0.1) is 5.92 Å². The number of thioether (sulfide) groups is 1. The average molecular weight is 235 g/mol. The summed E-state index contributed by atoms with van der Waals surface area (Å²) in [5.41, 5.74) is -1.41. The molecule has 0 aromatic rings. The molecule has 3 N–H and O–H groups in total. The monoisotopic (exact) mass is 235 g/mol. The molecule has 0 aromatic carbocycles. The zero-order chi connectivity index (χ0) is 12.1. The fourth-order valence-electron chi connectivity index (χ4n) is 1.15. The zero-order valence-electron chi connectivity index (χ0n) is 10.5. The van der Waals surface area contributed by atoms with Crippen LogP contribution >= 0.6 is 11.8 Å². The van der Waals surface area contributed by atoms with E-state index in [1.807, 2.05) is 27.0 Å². The molecule has 2 atom stereocenters. The van der Waals surface area contributed by atoms with Crippen molar-refractivity contribution in [2.24, 2.45) is 5.92 Å². The molecule has 0 fully saturated rings. The van der Waals surface area contributed by atoms with E-state index in [2.05, 4.69) is 5.32 Å². The molecule has 0 amide bonds. The molecular formula is C11H25NO2S. The maximum absolute atomic E-state index is 9.97. The Morgan fingerprint density at radius 1 is 1.20 bits per heavy atom. The lowest BCUT2D eigenvalue weighted by atomic mass is 9.92. The quantitative estimate of drug-likeness (QED) is 0.618. The maximum Gasteiger partial charge on any atom is 0.0833 e. The minimum Gasteiger partial charge on any atom is -0.389 e. The van der Waals surface area contributed by atoms with Crippen LogP contribution < -0.4 is 5.32 Å². The molecule has 92 valence electrons. The highest BCUT2D eigenvalue weighted by molar-refractivity contribution is 7.98. The van der Waals surface area contributed by atoms with E-state index in [4.69, 9.17) is 0 Å². The molecule has 15 heavy (non-hydrogen) atoms. The van der Waals surface area contributed by atoms with E-state index < -0.39 is 11.2 Å². The van der Waals surface area contributed by atoms with Crippen LogP contribution in [0.4, 0.5) is 0 Å². The van der Waals surface area contributed by atoms with Crippen LogP contribution in [-0.4, -0.2) is 46.5 Å². The summed E-state index contributed by atoms with van der Waals surface area (Å²) >= 11 is 1.62. The van der Waals surface area contributed by atoms with Gasteiger partial charge in [0.1, 0.15) is 0 Å². The van der Waals surface area contributed by atoms with E-state index in [9.17, 15) is 10.2 Å². The first kappa shape index (κ1) is 15.2. The Balaban J connectivity index is 3.88. The van der Waals surface area contributed by atoms with Crippen LogP contribution in [0.3, 0.4) is 0 Å². The largest absolute Gasteiger partial charge is 0.389 e. The van der Waals surface area contributed by atoms with Gasteiger partial charge in [-0.05, 0) is 26.0 Å². The van der Waals surface area contributed by atoms with Gasteiger partial charge in [-0.25, -0.2) is 0 Å². The fourth-order valence-corrected chi connectivity index (χ4v) is 1.87. The van der Waals surface area contributed by atoms with Crippen molar-refractivity contribution in [1.82, 2.24) is 5.32 Å². The summed E-state index contributed by atoms with van der Waals surface area (Å²) in [5.74, 6) is 0.902. The number of hydrogen-bond acceptors (Lipinski definition) is 4.